The summed E-state index contributed by atoms with van der Waals surface area (Å²) >= 11 is 0. The molecule has 0 aliphatic rings. The Morgan fingerprint density at radius 3 is 2.43 bits per heavy atom. The van der Waals surface area contributed by atoms with Crippen molar-refractivity contribution in [2.75, 3.05) is 5.32 Å². The van der Waals surface area contributed by atoms with Gasteiger partial charge in [0.2, 0.25) is 0 Å². The van der Waals surface area contributed by atoms with Crippen LogP contribution in [0.2, 0.25) is 0 Å². The van der Waals surface area contributed by atoms with Crippen molar-refractivity contribution in [3.63, 3.8) is 0 Å². The van der Waals surface area contributed by atoms with Gasteiger partial charge in [0.1, 0.15) is 18.2 Å². The number of rotatable bonds is 6. The maximum absolute atomic E-state index is 13.6. The van der Waals surface area contributed by atoms with E-state index in [0.29, 0.717) is 17.9 Å². The molecule has 0 radical (unpaired) electrons. The van der Waals surface area contributed by atoms with Gasteiger partial charge in [-0.2, -0.15) is 5.10 Å². The number of hydrazone groups is 1. The van der Waals surface area contributed by atoms with E-state index >= 15 is 0 Å². The van der Waals surface area contributed by atoms with Crippen LogP contribution >= 0.6 is 0 Å². The summed E-state index contributed by atoms with van der Waals surface area (Å²) in [5.74, 6) is -2.11. The van der Waals surface area contributed by atoms with Gasteiger partial charge >= 0.3 is 11.8 Å². The van der Waals surface area contributed by atoms with Gasteiger partial charge in [0.25, 0.3) is 0 Å². The average Bonchev–Trinajstić information content (AvgIpc) is 2.75. The number of aryl methyl sites for hydroxylation is 1. The van der Waals surface area contributed by atoms with Crippen molar-refractivity contribution >= 4 is 23.7 Å². The highest BCUT2D eigenvalue weighted by atomic mass is 19.1. The van der Waals surface area contributed by atoms with E-state index in [1.54, 1.807) is 24.3 Å². The number of carbonyl (C=O) groups excluding carboxylic acids is 2. The van der Waals surface area contributed by atoms with Crippen LogP contribution in [-0.2, 0) is 16.2 Å². The average molecular weight is 405 g/mol. The van der Waals surface area contributed by atoms with E-state index in [-0.39, 0.29) is 5.69 Å². The van der Waals surface area contributed by atoms with Gasteiger partial charge in [0.05, 0.1) is 11.9 Å². The van der Waals surface area contributed by atoms with Crippen LogP contribution in [0.3, 0.4) is 0 Å². The number of carbonyl (C=O) groups is 2. The molecule has 0 aliphatic carbocycles. The Kier molecular flexibility index (Phi) is 6.89. The van der Waals surface area contributed by atoms with E-state index in [1.807, 2.05) is 37.3 Å². The smallest absolute Gasteiger partial charge is 0.329 e. The van der Waals surface area contributed by atoms with E-state index < -0.39 is 17.6 Å². The minimum atomic E-state index is -1.03. The molecule has 30 heavy (non-hydrogen) atoms. The van der Waals surface area contributed by atoms with Crippen molar-refractivity contribution in [1.29, 1.82) is 0 Å². The highest BCUT2D eigenvalue weighted by Crippen LogP contribution is 2.18. The summed E-state index contributed by atoms with van der Waals surface area (Å²) in [6.07, 6.45) is 1.37. The van der Waals surface area contributed by atoms with Gasteiger partial charge in [-0.15, -0.1) is 0 Å². The predicted molar refractivity (Wildman–Crippen MR) is 113 cm³/mol. The van der Waals surface area contributed by atoms with E-state index in [2.05, 4.69) is 15.8 Å². The van der Waals surface area contributed by atoms with Gasteiger partial charge < -0.3 is 10.1 Å². The first-order valence-corrected chi connectivity index (χ1v) is 9.19. The first-order chi connectivity index (χ1) is 14.5. The number of hydrogen-bond acceptors (Lipinski definition) is 4. The number of hydrogen-bond donors (Lipinski definition) is 2. The molecule has 3 rings (SSSR count). The quantitative estimate of drug-likeness (QED) is 0.372. The van der Waals surface area contributed by atoms with Crippen molar-refractivity contribution in [3.8, 4) is 5.75 Å². The first kappa shape index (κ1) is 20.7. The molecule has 0 spiro atoms. The molecular weight excluding hydrogens is 385 g/mol. The Labute approximate surface area is 173 Å². The molecule has 7 heteroatoms. The van der Waals surface area contributed by atoms with Crippen LogP contribution in [-0.4, -0.2) is 18.0 Å². The van der Waals surface area contributed by atoms with Gasteiger partial charge in [-0.05, 0) is 36.8 Å². The second-order valence-electron chi connectivity index (χ2n) is 6.45. The Morgan fingerprint density at radius 2 is 1.67 bits per heavy atom. The molecule has 0 aliphatic heterocycles. The van der Waals surface area contributed by atoms with Crippen LogP contribution in [0, 0.1) is 12.7 Å². The number of anilines is 1. The predicted octanol–water partition coefficient (Wildman–Crippen LogP) is 3.80. The topological polar surface area (TPSA) is 79.8 Å². The number of nitrogens with zero attached hydrogens (tertiary/aromatic N) is 1. The largest absolute Gasteiger partial charge is 0.488 e. The normalized spacial score (nSPS) is 10.6. The molecule has 0 saturated heterocycles. The third kappa shape index (κ3) is 5.75. The highest BCUT2D eigenvalue weighted by Gasteiger charge is 2.14. The number of benzene rings is 3. The van der Waals surface area contributed by atoms with Crippen molar-refractivity contribution in [3.05, 3.63) is 95.3 Å². The van der Waals surface area contributed by atoms with Crippen LogP contribution in [0.5, 0.6) is 5.75 Å². The van der Waals surface area contributed by atoms with Crippen LogP contribution < -0.4 is 15.5 Å². The second-order valence-corrected chi connectivity index (χ2v) is 6.45. The van der Waals surface area contributed by atoms with Crippen LogP contribution in [0.25, 0.3) is 0 Å². The lowest BCUT2D eigenvalue weighted by molar-refractivity contribution is -0.136. The maximum Gasteiger partial charge on any atom is 0.329 e. The van der Waals surface area contributed by atoms with Crippen molar-refractivity contribution < 1.29 is 18.7 Å². The summed E-state index contributed by atoms with van der Waals surface area (Å²) < 4.78 is 19.4. The van der Waals surface area contributed by atoms with Crippen molar-refractivity contribution in [1.82, 2.24) is 5.43 Å². The fourth-order valence-corrected chi connectivity index (χ4v) is 2.52. The zero-order valence-electron chi connectivity index (χ0n) is 16.3. The SMILES string of the molecule is Cc1ccc(COc2ccccc2/C=N\NC(=O)C(=O)Nc2ccccc2F)cc1. The van der Waals surface area contributed by atoms with E-state index in [1.165, 1.54) is 30.0 Å². The van der Waals surface area contributed by atoms with Crippen LogP contribution in [0.4, 0.5) is 10.1 Å². The molecule has 0 aromatic heterocycles. The summed E-state index contributed by atoms with van der Waals surface area (Å²) in [6.45, 7) is 2.39. The Hall–Kier alpha value is -4.00. The van der Waals surface area contributed by atoms with E-state index in [0.717, 1.165) is 5.56 Å². The van der Waals surface area contributed by atoms with Gasteiger partial charge in [-0.3, -0.25) is 9.59 Å². The lowest BCUT2D eigenvalue weighted by atomic mass is 10.1. The molecule has 0 bridgehead atoms. The minimum Gasteiger partial charge on any atom is -0.488 e. The molecule has 3 aromatic carbocycles. The fraction of sp³-hybridized carbons (Fsp3) is 0.0870. The molecule has 2 N–H and O–H groups in total. The molecule has 152 valence electrons. The Balaban J connectivity index is 1.58. The molecule has 6 nitrogen and oxygen atoms in total. The summed E-state index contributed by atoms with van der Waals surface area (Å²) in [5.41, 5.74) is 4.84. The number of ether oxygens (including phenoxy) is 1. The minimum absolute atomic E-state index is 0.0866. The van der Waals surface area contributed by atoms with Gasteiger partial charge in [-0.25, -0.2) is 9.82 Å². The Morgan fingerprint density at radius 1 is 0.967 bits per heavy atom. The van der Waals surface area contributed by atoms with Gasteiger partial charge in [0, 0.05) is 5.56 Å². The molecule has 0 fully saturated rings. The zero-order valence-corrected chi connectivity index (χ0v) is 16.3. The Bertz CT molecular complexity index is 1070. The summed E-state index contributed by atoms with van der Waals surface area (Å²) in [4.78, 5) is 23.8. The third-order valence-corrected chi connectivity index (χ3v) is 4.13. The highest BCUT2D eigenvalue weighted by molar-refractivity contribution is 6.39. The number of nitrogens with one attached hydrogen (secondary N) is 2. The standard InChI is InChI=1S/C23H20FN3O3/c1-16-10-12-17(13-11-16)15-30-21-9-5-2-6-18(21)14-25-27-23(29)22(28)26-20-8-4-3-7-19(20)24/h2-14H,15H2,1H3,(H,26,28)(H,27,29)/b25-14-. The van der Waals surface area contributed by atoms with Crippen molar-refractivity contribution in [2.45, 2.75) is 13.5 Å². The second kappa shape index (κ2) is 9.97. The van der Waals surface area contributed by atoms with E-state index in [4.69, 9.17) is 4.74 Å². The molecular formula is C23H20FN3O3. The van der Waals surface area contributed by atoms with E-state index in [9.17, 15) is 14.0 Å². The number of para-hydroxylation sites is 2. The lowest BCUT2D eigenvalue weighted by Gasteiger charge is -2.09. The zero-order chi connectivity index (χ0) is 21.3. The van der Waals surface area contributed by atoms with Crippen molar-refractivity contribution in [2.24, 2.45) is 5.10 Å². The summed E-state index contributed by atoms with van der Waals surface area (Å²) in [7, 11) is 0. The summed E-state index contributed by atoms with van der Waals surface area (Å²) in [6, 6.07) is 20.7. The molecule has 0 saturated carbocycles. The molecule has 0 atom stereocenters. The number of halogens is 1. The molecule has 2 amide bonds. The molecule has 0 heterocycles. The summed E-state index contributed by atoms with van der Waals surface area (Å²) in [5, 5.41) is 5.98. The van der Waals surface area contributed by atoms with Gasteiger partial charge in [0.15, 0.2) is 0 Å². The van der Waals surface area contributed by atoms with Crippen LogP contribution in [0.15, 0.2) is 77.9 Å². The number of amides is 2. The lowest BCUT2D eigenvalue weighted by Crippen LogP contribution is -2.32. The monoisotopic (exact) mass is 405 g/mol. The third-order valence-electron chi connectivity index (χ3n) is 4.13. The fourth-order valence-electron chi connectivity index (χ4n) is 2.52. The molecule has 0 unspecified atom stereocenters. The van der Waals surface area contributed by atoms with Gasteiger partial charge in [-0.1, -0.05) is 54.1 Å². The molecule has 3 aromatic rings. The first-order valence-electron chi connectivity index (χ1n) is 9.19. The van der Waals surface area contributed by atoms with Crippen LogP contribution in [0.1, 0.15) is 16.7 Å². The maximum atomic E-state index is 13.6.